The molecule has 3 heterocycles. The first-order chi connectivity index (χ1) is 10.7. The minimum absolute atomic E-state index is 0.286. The lowest BCUT2D eigenvalue weighted by atomic mass is 9.93. The van der Waals surface area contributed by atoms with Gasteiger partial charge in [0.25, 0.3) is 0 Å². The van der Waals surface area contributed by atoms with Gasteiger partial charge in [-0.1, -0.05) is 18.2 Å². The van der Waals surface area contributed by atoms with Crippen molar-refractivity contribution in [3.63, 3.8) is 0 Å². The monoisotopic (exact) mass is 299 g/mol. The molecule has 3 aliphatic rings. The molecule has 2 saturated heterocycles. The van der Waals surface area contributed by atoms with Crippen molar-refractivity contribution in [1.29, 1.82) is 0 Å². The molecule has 1 aromatic rings. The second-order valence-electron chi connectivity index (χ2n) is 7.21. The molecule has 1 unspecified atom stereocenters. The van der Waals surface area contributed by atoms with E-state index in [4.69, 9.17) is 0 Å². The highest BCUT2D eigenvalue weighted by molar-refractivity contribution is 6.01. The molecule has 4 heteroatoms. The first-order valence-electron chi connectivity index (χ1n) is 8.53. The van der Waals surface area contributed by atoms with Crippen LogP contribution in [-0.2, 0) is 11.2 Å². The van der Waals surface area contributed by atoms with Gasteiger partial charge in [0.05, 0.1) is 6.42 Å². The zero-order chi connectivity index (χ0) is 15.2. The first-order valence-corrected chi connectivity index (χ1v) is 8.53. The number of rotatable bonds is 2. The van der Waals surface area contributed by atoms with Crippen molar-refractivity contribution in [3.8, 4) is 0 Å². The van der Waals surface area contributed by atoms with Crippen LogP contribution in [0.5, 0.6) is 0 Å². The Morgan fingerprint density at radius 3 is 2.73 bits per heavy atom. The lowest BCUT2D eigenvalue weighted by Gasteiger charge is -2.44. The smallest absolute Gasteiger partial charge is 0.231 e. The van der Waals surface area contributed by atoms with Gasteiger partial charge in [-0.2, -0.15) is 0 Å². The maximum atomic E-state index is 12.4. The van der Waals surface area contributed by atoms with Gasteiger partial charge in [-0.3, -0.25) is 9.69 Å². The number of fused-ring (bicyclic) bond motifs is 1. The molecule has 0 spiro atoms. The van der Waals surface area contributed by atoms with Crippen molar-refractivity contribution >= 4 is 11.6 Å². The fourth-order valence-electron chi connectivity index (χ4n) is 4.42. The van der Waals surface area contributed by atoms with Crippen LogP contribution in [0.2, 0.25) is 0 Å². The van der Waals surface area contributed by atoms with Crippen molar-refractivity contribution in [2.24, 2.45) is 0 Å². The van der Waals surface area contributed by atoms with Crippen LogP contribution >= 0.6 is 0 Å². The van der Waals surface area contributed by atoms with E-state index < -0.39 is 0 Å². The van der Waals surface area contributed by atoms with Gasteiger partial charge >= 0.3 is 0 Å². The van der Waals surface area contributed by atoms with Crippen molar-refractivity contribution in [2.75, 3.05) is 31.1 Å². The average molecular weight is 299 g/mol. The summed E-state index contributed by atoms with van der Waals surface area (Å²) in [4.78, 5) is 17.2. The minimum Gasteiger partial charge on any atom is -0.315 e. The molecule has 4 rings (SSSR count). The second kappa shape index (κ2) is 5.36. The number of piperidine rings is 1. The Labute approximate surface area is 132 Å². The number of benzene rings is 1. The molecule has 0 aliphatic carbocycles. The molecule has 0 bridgehead atoms. The first kappa shape index (κ1) is 14.2. The predicted molar refractivity (Wildman–Crippen MR) is 88.1 cm³/mol. The Morgan fingerprint density at radius 2 is 2.00 bits per heavy atom. The van der Waals surface area contributed by atoms with Crippen LogP contribution in [-0.4, -0.2) is 48.6 Å². The number of anilines is 1. The highest BCUT2D eigenvalue weighted by Crippen LogP contribution is 2.35. The summed E-state index contributed by atoms with van der Waals surface area (Å²) in [6.45, 7) is 6.82. The SMILES string of the molecule is CC1(N2CCC(N3C(=O)Cc4ccccc43)CC2)CCNC1. The normalized spacial score (nSPS) is 30.0. The van der Waals surface area contributed by atoms with Gasteiger partial charge in [0.2, 0.25) is 5.91 Å². The number of hydrogen-bond acceptors (Lipinski definition) is 3. The fraction of sp³-hybridized carbons (Fsp3) is 0.611. The maximum absolute atomic E-state index is 12.4. The van der Waals surface area contributed by atoms with E-state index in [9.17, 15) is 4.79 Å². The molecule has 1 N–H and O–H groups in total. The molecule has 1 aromatic carbocycles. The van der Waals surface area contributed by atoms with Gasteiger partial charge in [-0.25, -0.2) is 0 Å². The Morgan fingerprint density at radius 1 is 1.23 bits per heavy atom. The van der Waals surface area contributed by atoms with Crippen LogP contribution in [0, 0.1) is 0 Å². The molecule has 22 heavy (non-hydrogen) atoms. The lowest BCUT2D eigenvalue weighted by molar-refractivity contribution is -0.118. The van der Waals surface area contributed by atoms with E-state index in [1.54, 1.807) is 0 Å². The summed E-state index contributed by atoms with van der Waals surface area (Å²) in [7, 11) is 0. The minimum atomic E-state index is 0.286. The Kier molecular flexibility index (Phi) is 3.46. The Bertz CT molecular complexity index is 571. The summed E-state index contributed by atoms with van der Waals surface area (Å²) >= 11 is 0. The van der Waals surface area contributed by atoms with Crippen molar-refractivity contribution < 1.29 is 4.79 Å². The van der Waals surface area contributed by atoms with Gasteiger partial charge in [-0.15, -0.1) is 0 Å². The second-order valence-corrected chi connectivity index (χ2v) is 7.21. The summed E-state index contributed by atoms with van der Waals surface area (Å²) in [6.07, 6.45) is 4.01. The molecule has 118 valence electrons. The van der Waals surface area contributed by atoms with Gasteiger partial charge < -0.3 is 10.2 Å². The van der Waals surface area contributed by atoms with E-state index in [-0.39, 0.29) is 5.91 Å². The van der Waals surface area contributed by atoms with E-state index >= 15 is 0 Å². The molecule has 2 fully saturated rings. The number of carbonyl (C=O) groups is 1. The van der Waals surface area contributed by atoms with Crippen LogP contribution in [0.25, 0.3) is 0 Å². The van der Waals surface area contributed by atoms with E-state index in [0.717, 1.165) is 44.7 Å². The van der Waals surface area contributed by atoms with Gasteiger partial charge in [0, 0.05) is 36.9 Å². The Hall–Kier alpha value is -1.39. The maximum Gasteiger partial charge on any atom is 0.231 e. The van der Waals surface area contributed by atoms with E-state index in [1.807, 2.05) is 12.1 Å². The van der Waals surface area contributed by atoms with Gasteiger partial charge in [-0.05, 0) is 44.4 Å². The molecule has 1 atom stereocenters. The third kappa shape index (κ3) is 2.25. The van der Waals surface area contributed by atoms with Crippen LogP contribution in [0.4, 0.5) is 5.69 Å². The molecular formula is C18H25N3O. The number of likely N-dealkylation sites (tertiary alicyclic amines) is 1. The number of amides is 1. The molecule has 4 nitrogen and oxygen atoms in total. The summed E-state index contributed by atoms with van der Waals surface area (Å²) in [5, 5.41) is 3.49. The number of nitrogens with one attached hydrogen (secondary N) is 1. The third-order valence-corrected chi connectivity index (χ3v) is 5.80. The van der Waals surface area contributed by atoms with Crippen molar-refractivity contribution in [1.82, 2.24) is 10.2 Å². The topological polar surface area (TPSA) is 35.6 Å². The summed E-state index contributed by atoms with van der Waals surface area (Å²) in [5.41, 5.74) is 2.67. The highest BCUT2D eigenvalue weighted by Gasteiger charge is 2.40. The largest absolute Gasteiger partial charge is 0.315 e. The summed E-state index contributed by atoms with van der Waals surface area (Å²) < 4.78 is 0. The highest BCUT2D eigenvalue weighted by atomic mass is 16.2. The lowest BCUT2D eigenvalue weighted by Crippen LogP contribution is -2.54. The van der Waals surface area contributed by atoms with E-state index in [2.05, 4.69) is 34.2 Å². The number of nitrogens with zero attached hydrogens (tertiary/aromatic N) is 2. The number of carbonyl (C=O) groups excluding carboxylic acids is 1. The van der Waals surface area contributed by atoms with Crippen LogP contribution in [0.1, 0.15) is 31.7 Å². The molecule has 0 radical (unpaired) electrons. The summed E-state index contributed by atoms with van der Waals surface area (Å²) in [5.74, 6) is 0.286. The van der Waals surface area contributed by atoms with Gasteiger partial charge in [0.1, 0.15) is 0 Å². The number of hydrogen-bond donors (Lipinski definition) is 1. The zero-order valence-corrected chi connectivity index (χ0v) is 13.3. The standard InChI is InChI=1S/C18H25N3O/c1-18(8-9-19-13-18)20-10-6-15(7-11-20)21-16-5-3-2-4-14(16)12-17(21)22/h2-5,15,19H,6-13H2,1H3. The third-order valence-electron chi connectivity index (χ3n) is 5.80. The molecule has 0 saturated carbocycles. The van der Waals surface area contributed by atoms with Crippen LogP contribution in [0.3, 0.4) is 0 Å². The zero-order valence-electron chi connectivity index (χ0n) is 13.3. The molecule has 0 aromatic heterocycles. The van der Waals surface area contributed by atoms with Gasteiger partial charge in [0.15, 0.2) is 0 Å². The quantitative estimate of drug-likeness (QED) is 0.904. The summed E-state index contributed by atoms with van der Waals surface area (Å²) in [6, 6.07) is 8.66. The predicted octanol–water partition coefficient (Wildman–Crippen LogP) is 1.79. The average Bonchev–Trinajstić information content (AvgIpc) is 3.11. The Balaban J connectivity index is 1.47. The number of para-hydroxylation sites is 1. The fourth-order valence-corrected chi connectivity index (χ4v) is 4.42. The molecule has 3 aliphatic heterocycles. The van der Waals surface area contributed by atoms with E-state index in [1.165, 1.54) is 12.0 Å². The van der Waals surface area contributed by atoms with Crippen molar-refractivity contribution in [2.45, 2.75) is 44.2 Å². The molecule has 1 amide bonds. The van der Waals surface area contributed by atoms with Crippen LogP contribution in [0.15, 0.2) is 24.3 Å². The molecular weight excluding hydrogens is 274 g/mol. The van der Waals surface area contributed by atoms with E-state index in [0.29, 0.717) is 18.0 Å². The van der Waals surface area contributed by atoms with Crippen LogP contribution < -0.4 is 10.2 Å². The van der Waals surface area contributed by atoms with Crippen molar-refractivity contribution in [3.05, 3.63) is 29.8 Å².